The lowest BCUT2D eigenvalue weighted by Crippen LogP contribution is -2.34. The average Bonchev–Trinajstić information content (AvgIpc) is 3.23. The van der Waals surface area contributed by atoms with Gasteiger partial charge in [-0.05, 0) is 69.7 Å². The van der Waals surface area contributed by atoms with E-state index in [0.29, 0.717) is 11.1 Å². The van der Waals surface area contributed by atoms with E-state index in [1.54, 1.807) is 13.8 Å². The summed E-state index contributed by atoms with van der Waals surface area (Å²) in [5.74, 6) is 0.0524. The van der Waals surface area contributed by atoms with Crippen molar-refractivity contribution in [2.75, 3.05) is 13.6 Å². The number of sulfonamides is 1. The van der Waals surface area contributed by atoms with Crippen molar-refractivity contribution in [3.05, 3.63) is 22.3 Å². The summed E-state index contributed by atoms with van der Waals surface area (Å²) in [6, 6.07) is -1.07. The maximum absolute atomic E-state index is 13.2. The van der Waals surface area contributed by atoms with E-state index in [1.807, 2.05) is 20.8 Å². The van der Waals surface area contributed by atoms with E-state index in [2.05, 4.69) is 4.74 Å². The number of fused-ring (bicyclic) bond motifs is 1. The summed E-state index contributed by atoms with van der Waals surface area (Å²) in [6.07, 6.45) is 1.51. The third-order valence-corrected chi connectivity index (χ3v) is 7.15. The molecule has 2 heterocycles. The minimum absolute atomic E-state index is 0.181. The third-order valence-electron chi connectivity index (χ3n) is 5.12. The van der Waals surface area contributed by atoms with Gasteiger partial charge in [-0.15, -0.1) is 0 Å². The Morgan fingerprint density at radius 2 is 1.92 bits per heavy atom. The van der Waals surface area contributed by atoms with Gasteiger partial charge in [0, 0.05) is 7.89 Å². The monoisotopic (exact) mass is 368 g/mol. The smallest absolute Gasteiger partial charge is 0.325 e. The van der Waals surface area contributed by atoms with Crippen LogP contribution in [0.2, 0.25) is 0 Å². The number of hydrogen-bond acceptors (Lipinski definition) is 5. The number of esters is 1. The first-order valence-corrected chi connectivity index (χ1v) is 9.73. The van der Waals surface area contributed by atoms with Gasteiger partial charge in [-0.2, -0.15) is 4.31 Å². The summed E-state index contributed by atoms with van der Waals surface area (Å²) in [5.41, 5.74) is 2.63. The van der Waals surface area contributed by atoms with Crippen LogP contribution >= 0.6 is 0 Å². The molecular formula is C18H25NO5S. The number of methoxy groups -OCH3 is 1. The molecule has 7 heteroatoms. The summed E-state index contributed by atoms with van der Waals surface area (Å²) in [6.45, 7) is 8.27. The van der Waals surface area contributed by atoms with Gasteiger partial charge in [0.15, 0.2) is 0 Å². The minimum Gasteiger partial charge on any atom is -0.487 e. The number of carbonyl (C=O) groups excluding carboxylic acids is 1. The van der Waals surface area contributed by atoms with Crippen LogP contribution in [0.5, 0.6) is 5.75 Å². The molecule has 1 fully saturated rings. The van der Waals surface area contributed by atoms with E-state index in [-0.39, 0.29) is 10.5 Å². The molecule has 2 aliphatic heterocycles. The first kappa shape index (κ1) is 16.8. The molecule has 0 saturated carbocycles. The summed E-state index contributed by atoms with van der Waals surface area (Å²) in [4.78, 5) is 11.9. The fourth-order valence-corrected chi connectivity index (χ4v) is 5.38. The maximum Gasteiger partial charge on any atom is 0.325 e. The normalized spacial score (nSPS) is 27.8. The van der Waals surface area contributed by atoms with E-state index in [9.17, 15) is 13.2 Å². The quantitative estimate of drug-likeness (QED) is 0.604. The van der Waals surface area contributed by atoms with Gasteiger partial charge in [0.2, 0.25) is 10.0 Å². The van der Waals surface area contributed by atoms with Crippen molar-refractivity contribution in [3.63, 3.8) is 0 Å². The molecule has 0 bridgehead atoms. The summed E-state index contributed by atoms with van der Waals surface area (Å²) < 4.78 is 46.0. The zero-order chi connectivity index (χ0) is 19.6. The summed E-state index contributed by atoms with van der Waals surface area (Å²) in [7, 11) is -2.78. The van der Waals surface area contributed by atoms with Gasteiger partial charge in [0.05, 0.1) is 12.0 Å². The number of nitrogens with zero attached hydrogens (tertiary/aromatic N) is 1. The van der Waals surface area contributed by atoms with E-state index in [1.165, 1.54) is 7.11 Å². The number of benzene rings is 1. The maximum atomic E-state index is 13.2. The molecule has 6 nitrogen and oxygen atoms in total. The molecular weight excluding hydrogens is 342 g/mol. The Balaban J connectivity index is 2.13. The van der Waals surface area contributed by atoms with Crippen molar-refractivity contribution in [3.8, 4) is 5.75 Å². The highest BCUT2D eigenvalue weighted by atomic mass is 32.2. The average molecular weight is 368 g/mol. The topological polar surface area (TPSA) is 72.7 Å². The fraction of sp³-hybridized carbons (Fsp3) is 0.611. The lowest BCUT2D eigenvalue weighted by atomic mass is 9.88. The highest BCUT2D eigenvalue weighted by Crippen LogP contribution is 2.44. The van der Waals surface area contributed by atoms with Crippen LogP contribution in [0.3, 0.4) is 0 Å². The molecule has 0 radical (unpaired) electrons. The second-order valence-corrected chi connectivity index (χ2v) is 9.11. The van der Waals surface area contributed by atoms with Gasteiger partial charge in [-0.3, -0.25) is 4.79 Å². The highest BCUT2D eigenvalue weighted by Gasteiger charge is 2.51. The molecule has 1 saturated heterocycles. The van der Waals surface area contributed by atoms with Crippen molar-refractivity contribution in [2.24, 2.45) is 0 Å². The predicted molar refractivity (Wildman–Crippen MR) is 93.4 cm³/mol. The van der Waals surface area contributed by atoms with Crippen LogP contribution in [-0.2, 0) is 26.0 Å². The Kier molecular flexibility index (Phi) is 3.85. The van der Waals surface area contributed by atoms with Crippen LogP contribution in [0, 0.1) is 20.8 Å². The highest BCUT2D eigenvalue weighted by molar-refractivity contribution is 7.89. The van der Waals surface area contributed by atoms with E-state index in [0.717, 1.165) is 34.0 Å². The molecule has 3 rings (SSSR count). The molecule has 0 aliphatic carbocycles. The number of rotatable bonds is 3. The van der Waals surface area contributed by atoms with Crippen molar-refractivity contribution >= 4 is 16.0 Å². The standard InChI is InChI=1S/C18H25NO5S/c1-10-11(2)16(25(21,22)19-9-14(19)17(20)23-6)12(3)13-7-8-18(4,5)24-15(10)13/h14H,7-9H2,1-6H3/t14-,19?/m1/s1/i9D/t9-,14-,19?. The molecule has 0 spiro atoms. The zero-order valence-corrected chi connectivity index (χ0v) is 16.3. The van der Waals surface area contributed by atoms with Crippen molar-refractivity contribution in [2.45, 2.75) is 64.0 Å². The molecule has 1 aromatic rings. The van der Waals surface area contributed by atoms with Gasteiger partial charge in [0.1, 0.15) is 17.4 Å². The second-order valence-electron chi connectivity index (χ2n) is 7.33. The van der Waals surface area contributed by atoms with Gasteiger partial charge < -0.3 is 9.47 Å². The predicted octanol–water partition coefficient (Wildman–Crippen LogP) is 2.26. The third kappa shape index (κ3) is 2.83. The first-order valence-electron chi connectivity index (χ1n) is 8.87. The molecule has 138 valence electrons. The van der Waals surface area contributed by atoms with Crippen LogP contribution in [0.4, 0.5) is 0 Å². The molecule has 1 aromatic carbocycles. The van der Waals surface area contributed by atoms with Gasteiger partial charge in [0.25, 0.3) is 0 Å². The summed E-state index contributed by atoms with van der Waals surface area (Å²) >= 11 is 0. The molecule has 3 atom stereocenters. The minimum atomic E-state index is -3.98. The van der Waals surface area contributed by atoms with Crippen LogP contribution in [0.25, 0.3) is 0 Å². The van der Waals surface area contributed by atoms with Gasteiger partial charge >= 0.3 is 5.97 Å². The molecule has 0 N–H and O–H groups in total. The number of carbonyl (C=O) groups is 1. The Labute approximate surface area is 150 Å². The van der Waals surface area contributed by atoms with Crippen LogP contribution in [0.1, 0.15) is 43.9 Å². The molecule has 1 unspecified atom stereocenters. The van der Waals surface area contributed by atoms with Crippen molar-refractivity contribution in [1.29, 1.82) is 0 Å². The largest absolute Gasteiger partial charge is 0.487 e. The molecule has 0 aromatic heterocycles. The van der Waals surface area contributed by atoms with Crippen LogP contribution in [-0.4, -0.2) is 44.0 Å². The molecule has 0 amide bonds. The Hall–Kier alpha value is -1.60. The zero-order valence-electron chi connectivity index (χ0n) is 16.5. The second kappa shape index (κ2) is 5.71. The fourth-order valence-electron chi connectivity index (χ4n) is 3.46. The summed E-state index contributed by atoms with van der Waals surface area (Å²) in [5, 5.41) is 0. The Morgan fingerprint density at radius 1 is 1.28 bits per heavy atom. The molecule has 25 heavy (non-hydrogen) atoms. The van der Waals surface area contributed by atoms with Gasteiger partial charge in [-0.1, -0.05) is 0 Å². The van der Waals surface area contributed by atoms with E-state index in [4.69, 9.17) is 6.11 Å². The number of ether oxygens (including phenoxy) is 2. The van der Waals surface area contributed by atoms with Gasteiger partial charge in [-0.25, -0.2) is 8.42 Å². The van der Waals surface area contributed by atoms with Crippen LogP contribution < -0.4 is 4.74 Å². The van der Waals surface area contributed by atoms with Crippen LogP contribution in [0.15, 0.2) is 4.90 Å². The van der Waals surface area contributed by atoms with Crippen molar-refractivity contribution in [1.82, 2.24) is 4.31 Å². The molecule has 2 aliphatic rings. The Morgan fingerprint density at radius 3 is 2.52 bits per heavy atom. The Bertz CT molecular complexity index is 894. The van der Waals surface area contributed by atoms with E-state index < -0.39 is 28.6 Å². The lowest BCUT2D eigenvalue weighted by Gasteiger charge is -2.35. The van der Waals surface area contributed by atoms with E-state index >= 15 is 0 Å². The van der Waals surface area contributed by atoms with Crippen molar-refractivity contribution < 1.29 is 24.1 Å². The number of hydrogen-bond donors (Lipinski definition) is 0. The first-order chi connectivity index (χ1) is 11.9. The SMILES string of the molecule is [2H][C@@H]1[C@H](C(=O)OC)N1S(=O)(=O)c1c(C)c(C)c2c(c1C)CCC(C)(C)O2. The lowest BCUT2D eigenvalue weighted by molar-refractivity contribution is -0.140.